The van der Waals surface area contributed by atoms with Gasteiger partial charge in [-0.25, -0.2) is 8.78 Å². The maximum atomic E-state index is 13.3. The number of carbonyl (C=O) groups is 1. The van der Waals surface area contributed by atoms with E-state index in [2.05, 4.69) is 5.32 Å². The Kier molecular flexibility index (Phi) is 8.84. The number of hydrogen-bond acceptors (Lipinski definition) is 4. The maximum absolute atomic E-state index is 13.3. The van der Waals surface area contributed by atoms with Crippen LogP contribution in [0.5, 0.6) is 5.75 Å². The van der Waals surface area contributed by atoms with E-state index in [1.54, 1.807) is 6.92 Å². The van der Waals surface area contributed by atoms with Crippen molar-refractivity contribution in [2.75, 3.05) is 20.3 Å². The molecule has 3 N–H and O–H groups in total. The fraction of sp³-hybridized carbons (Fsp3) is 0.462. The minimum Gasteiger partial charge on any atom is -0.488 e. The third-order valence-electron chi connectivity index (χ3n) is 2.45. The largest absolute Gasteiger partial charge is 0.488 e. The Labute approximate surface area is 128 Å². The molecule has 0 fully saturated rings. The Morgan fingerprint density at radius 1 is 1.38 bits per heavy atom. The van der Waals surface area contributed by atoms with Crippen LogP contribution in [-0.2, 0) is 9.53 Å². The van der Waals surface area contributed by atoms with Gasteiger partial charge in [0, 0.05) is 13.2 Å². The number of amides is 1. The van der Waals surface area contributed by atoms with Gasteiger partial charge in [-0.05, 0) is 19.1 Å². The lowest BCUT2D eigenvalue weighted by Crippen LogP contribution is -2.48. The fourth-order valence-electron chi connectivity index (χ4n) is 1.45. The summed E-state index contributed by atoms with van der Waals surface area (Å²) in [6.45, 7) is 1.82. The molecule has 0 bridgehead atoms. The summed E-state index contributed by atoms with van der Waals surface area (Å²) in [6, 6.07) is 1.86. The quantitative estimate of drug-likeness (QED) is 0.791. The minimum atomic E-state index is -0.792. The Balaban J connectivity index is 0.00000400. The molecule has 8 heteroatoms. The highest BCUT2D eigenvalue weighted by molar-refractivity contribution is 5.85. The summed E-state index contributed by atoms with van der Waals surface area (Å²) in [5, 5.41) is 2.60. The molecule has 5 nitrogen and oxygen atoms in total. The first-order valence-electron chi connectivity index (χ1n) is 6.06. The van der Waals surface area contributed by atoms with Crippen LogP contribution in [0.1, 0.15) is 6.92 Å². The molecule has 1 aromatic rings. The lowest BCUT2D eigenvalue weighted by atomic mass is 10.2. The first-order valence-corrected chi connectivity index (χ1v) is 6.06. The van der Waals surface area contributed by atoms with E-state index in [4.69, 9.17) is 15.2 Å². The number of rotatable bonds is 7. The van der Waals surface area contributed by atoms with Crippen molar-refractivity contribution in [3.8, 4) is 5.75 Å². The summed E-state index contributed by atoms with van der Waals surface area (Å²) in [5.74, 6) is -1.93. The van der Waals surface area contributed by atoms with E-state index in [0.29, 0.717) is 0 Å². The van der Waals surface area contributed by atoms with Crippen LogP contribution < -0.4 is 15.8 Å². The van der Waals surface area contributed by atoms with Gasteiger partial charge in [-0.3, -0.25) is 4.79 Å². The molecule has 1 rings (SSSR count). The van der Waals surface area contributed by atoms with Crippen molar-refractivity contribution in [1.29, 1.82) is 0 Å². The topological polar surface area (TPSA) is 73.6 Å². The SMILES string of the molecule is COCC(N)C(=O)NC(C)COc1ccc(F)cc1F.Cl. The van der Waals surface area contributed by atoms with Gasteiger partial charge in [0.1, 0.15) is 18.5 Å². The lowest BCUT2D eigenvalue weighted by Gasteiger charge is -2.17. The van der Waals surface area contributed by atoms with Crippen molar-refractivity contribution in [2.24, 2.45) is 5.73 Å². The number of halogens is 3. The standard InChI is InChI=1S/C13H18F2N2O3.ClH/c1-8(17-13(18)11(16)7-19-2)6-20-12-4-3-9(14)5-10(12)15;/h3-5,8,11H,6-7,16H2,1-2H3,(H,17,18);1H. The Morgan fingerprint density at radius 3 is 2.62 bits per heavy atom. The van der Waals surface area contributed by atoms with Crippen LogP contribution >= 0.6 is 12.4 Å². The predicted molar refractivity (Wildman–Crippen MR) is 76.6 cm³/mol. The van der Waals surface area contributed by atoms with Gasteiger partial charge in [-0.15, -0.1) is 12.4 Å². The van der Waals surface area contributed by atoms with Crippen LogP contribution in [0.2, 0.25) is 0 Å². The zero-order valence-electron chi connectivity index (χ0n) is 11.8. The van der Waals surface area contributed by atoms with E-state index in [-0.39, 0.29) is 43.3 Å². The number of carbonyl (C=O) groups excluding carboxylic acids is 1. The normalized spacial score (nSPS) is 13.0. The third-order valence-corrected chi connectivity index (χ3v) is 2.45. The second-order valence-electron chi connectivity index (χ2n) is 4.36. The molecule has 0 spiro atoms. The van der Waals surface area contributed by atoms with Gasteiger partial charge in [0.25, 0.3) is 0 Å². The van der Waals surface area contributed by atoms with Crippen LogP contribution in [0.25, 0.3) is 0 Å². The number of nitrogens with two attached hydrogens (primary N) is 1. The average molecular weight is 325 g/mol. The first-order chi connectivity index (χ1) is 9.43. The van der Waals surface area contributed by atoms with Gasteiger partial charge in [-0.1, -0.05) is 0 Å². The Morgan fingerprint density at radius 2 is 2.05 bits per heavy atom. The monoisotopic (exact) mass is 324 g/mol. The van der Waals surface area contributed by atoms with Crippen LogP contribution in [0, 0.1) is 11.6 Å². The van der Waals surface area contributed by atoms with Gasteiger partial charge in [0.2, 0.25) is 5.91 Å². The van der Waals surface area contributed by atoms with Gasteiger partial charge in [-0.2, -0.15) is 0 Å². The Hall–Kier alpha value is -1.44. The van der Waals surface area contributed by atoms with Crippen molar-refractivity contribution in [2.45, 2.75) is 19.0 Å². The third kappa shape index (κ3) is 6.70. The molecule has 0 aliphatic carbocycles. The number of methoxy groups -OCH3 is 1. The van der Waals surface area contributed by atoms with Crippen molar-refractivity contribution in [1.82, 2.24) is 5.32 Å². The highest BCUT2D eigenvalue weighted by atomic mass is 35.5. The van der Waals surface area contributed by atoms with Crippen molar-refractivity contribution in [3.05, 3.63) is 29.8 Å². The molecular formula is C13H19ClF2N2O3. The summed E-state index contributed by atoms with van der Waals surface area (Å²) >= 11 is 0. The van der Waals surface area contributed by atoms with Crippen molar-refractivity contribution in [3.63, 3.8) is 0 Å². The second-order valence-corrected chi connectivity index (χ2v) is 4.36. The smallest absolute Gasteiger partial charge is 0.239 e. The van der Waals surface area contributed by atoms with Gasteiger partial charge in [0.15, 0.2) is 11.6 Å². The molecule has 0 aromatic heterocycles. The summed E-state index contributed by atoms with van der Waals surface area (Å²) < 4.78 is 35.9. The molecule has 0 heterocycles. The maximum Gasteiger partial charge on any atom is 0.239 e. The highest BCUT2D eigenvalue weighted by Crippen LogP contribution is 2.17. The molecule has 0 aliphatic heterocycles. The first kappa shape index (κ1) is 19.6. The molecule has 120 valence electrons. The van der Waals surface area contributed by atoms with E-state index in [0.717, 1.165) is 12.1 Å². The van der Waals surface area contributed by atoms with Crippen LogP contribution in [0.15, 0.2) is 18.2 Å². The van der Waals surface area contributed by atoms with E-state index in [9.17, 15) is 13.6 Å². The minimum absolute atomic E-state index is 0. The fourth-order valence-corrected chi connectivity index (χ4v) is 1.45. The molecule has 0 saturated heterocycles. The number of ether oxygens (including phenoxy) is 2. The lowest BCUT2D eigenvalue weighted by molar-refractivity contribution is -0.124. The number of hydrogen-bond donors (Lipinski definition) is 2. The molecule has 1 aromatic carbocycles. The summed E-state index contributed by atoms with van der Waals surface area (Å²) in [4.78, 5) is 11.6. The second kappa shape index (κ2) is 9.49. The Bertz CT molecular complexity index is 463. The summed E-state index contributed by atoms with van der Waals surface area (Å²) in [7, 11) is 1.44. The molecule has 0 saturated carbocycles. The molecule has 2 atom stereocenters. The number of benzene rings is 1. The summed E-state index contributed by atoms with van der Waals surface area (Å²) in [5.41, 5.74) is 5.54. The zero-order valence-corrected chi connectivity index (χ0v) is 12.6. The molecule has 21 heavy (non-hydrogen) atoms. The average Bonchev–Trinajstić information content (AvgIpc) is 2.37. The summed E-state index contributed by atoms with van der Waals surface area (Å²) in [6.07, 6.45) is 0. The molecule has 0 aliphatic rings. The van der Waals surface area contributed by atoms with E-state index < -0.39 is 17.7 Å². The van der Waals surface area contributed by atoms with Gasteiger partial charge < -0.3 is 20.5 Å². The van der Waals surface area contributed by atoms with E-state index in [1.807, 2.05) is 0 Å². The van der Waals surface area contributed by atoms with Gasteiger partial charge in [0.05, 0.1) is 12.6 Å². The molecule has 1 amide bonds. The van der Waals surface area contributed by atoms with E-state index in [1.165, 1.54) is 13.2 Å². The zero-order chi connectivity index (χ0) is 15.1. The van der Waals surface area contributed by atoms with E-state index >= 15 is 0 Å². The van der Waals surface area contributed by atoms with Crippen LogP contribution in [0.3, 0.4) is 0 Å². The molecular weight excluding hydrogens is 306 g/mol. The van der Waals surface area contributed by atoms with Gasteiger partial charge >= 0.3 is 0 Å². The molecule has 0 radical (unpaired) electrons. The number of nitrogens with one attached hydrogen (secondary N) is 1. The van der Waals surface area contributed by atoms with Crippen LogP contribution in [-0.4, -0.2) is 38.3 Å². The van der Waals surface area contributed by atoms with Crippen molar-refractivity contribution < 1.29 is 23.0 Å². The molecule has 2 unspecified atom stereocenters. The highest BCUT2D eigenvalue weighted by Gasteiger charge is 2.16. The predicted octanol–water partition coefficient (Wildman–Crippen LogP) is 1.24. The van der Waals surface area contributed by atoms with Crippen LogP contribution in [0.4, 0.5) is 8.78 Å². The van der Waals surface area contributed by atoms with Crippen molar-refractivity contribution >= 4 is 18.3 Å².